The molecule has 0 saturated carbocycles. The third-order valence-corrected chi connectivity index (χ3v) is 2.38. The zero-order chi connectivity index (χ0) is 13.0. The molecular weight excluding hydrogens is 246 g/mol. The van der Waals surface area contributed by atoms with Crippen LogP contribution in [-0.4, -0.2) is 33.8 Å². The number of pyridine rings is 1. The van der Waals surface area contributed by atoms with Gasteiger partial charge in [-0.2, -0.15) is 0 Å². The van der Waals surface area contributed by atoms with E-state index in [9.17, 15) is 15.0 Å². The van der Waals surface area contributed by atoms with Crippen molar-refractivity contribution in [2.45, 2.75) is 19.1 Å². The maximum atomic E-state index is 10.7. The number of halogens is 1. The summed E-state index contributed by atoms with van der Waals surface area (Å²) in [6.07, 6.45) is -1.10. The molecule has 1 amide bonds. The molecule has 1 heterocycles. The van der Waals surface area contributed by atoms with Crippen LogP contribution in [0, 0.1) is 0 Å². The molecular formula is C10H14ClN3O3. The van der Waals surface area contributed by atoms with Crippen molar-refractivity contribution in [1.82, 2.24) is 10.3 Å². The van der Waals surface area contributed by atoms with Crippen LogP contribution in [0.15, 0.2) is 12.3 Å². The van der Waals surface area contributed by atoms with Gasteiger partial charge in [-0.05, 0) is 6.07 Å². The third-order valence-electron chi connectivity index (χ3n) is 2.18. The minimum Gasteiger partial charge on any atom is -0.398 e. The first-order valence-corrected chi connectivity index (χ1v) is 5.31. The van der Waals surface area contributed by atoms with Gasteiger partial charge in [0.1, 0.15) is 17.4 Å². The molecule has 1 aromatic rings. The smallest absolute Gasteiger partial charge is 0.216 e. The Morgan fingerprint density at radius 3 is 2.82 bits per heavy atom. The molecule has 0 aliphatic carbocycles. The van der Waals surface area contributed by atoms with Crippen LogP contribution in [0.4, 0.5) is 5.69 Å². The second kappa shape index (κ2) is 5.81. The van der Waals surface area contributed by atoms with Crippen LogP contribution in [0.1, 0.15) is 18.6 Å². The topological polar surface area (TPSA) is 108 Å². The van der Waals surface area contributed by atoms with Gasteiger partial charge >= 0.3 is 0 Å². The number of nitrogens with one attached hydrogen (secondary N) is 1. The highest BCUT2D eigenvalue weighted by Crippen LogP contribution is 2.24. The molecule has 6 nitrogen and oxygen atoms in total. The number of aliphatic hydroxyl groups is 2. The highest BCUT2D eigenvalue weighted by Gasteiger charge is 2.21. The summed E-state index contributed by atoms with van der Waals surface area (Å²) in [6, 6.07) is 1.38. The molecule has 0 radical (unpaired) electrons. The number of carbonyl (C=O) groups is 1. The third kappa shape index (κ3) is 3.85. The van der Waals surface area contributed by atoms with Crippen LogP contribution in [0.25, 0.3) is 0 Å². The lowest BCUT2D eigenvalue weighted by Crippen LogP contribution is -2.34. The molecule has 2 atom stereocenters. The number of aromatic nitrogens is 1. The Balaban J connectivity index is 2.74. The van der Waals surface area contributed by atoms with Crippen LogP contribution in [-0.2, 0) is 4.79 Å². The number of rotatable bonds is 4. The molecule has 0 bridgehead atoms. The Morgan fingerprint density at radius 2 is 2.29 bits per heavy atom. The fourth-order valence-corrected chi connectivity index (χ4v) is 1.44. The summed E-state index contributed by atoms with van der Waals surface area (Å²) in [5, 5.41) is 22.0. The summed E-state index contributed by atoms with van der Waals surface area (Å²) in [6.45, 7) is 1.25. The number of hydrogen-bond acceptors (Lipinski definition) is 5. The van der Waals surface area contributed by atoms with E-state index >= 15 is 0 Å². The average molecular weight is 260 g/mol. The van der Waals surface area contributed by atoms with Crippen molar-refractivity contribution in [3.05, 3.63) is 23.0 Å². The number of carbonyl (C=O) groups excluding carboxylic acids is 1. The summed E-state index contributed by atoms with van der Waals surface area (Å²) in [7, 11) is 0. The second-order valence-corrected chi connectivity index (χ2v) is 3.97. The highest BCUT2D eigenvalue weighted by molar-refractivity contribution is 6.29. The highest BCUT2D eigenvalue weighted by atomic mass is 35.5. The normalized spacial score (nSPS) is 14.1. The predicted molar refractivity (Wildman–Crippen MR) is 63.3 cm³/mol. The maximum Gasteiger partial charge on any atom is 0.216 e. The number of nitrogens with two attached hydrogens (primary N) is 1. The number of amides is 1. The first kappa shape index (κ1) is 13.7. The van der Waals surface area contributed by atoms with E-state index in [0.29, 0.717) is 0 Å². The predicted octanol–water partition coefficient (Wildman–Crippen LogP) is -0.152. The number of nitrogen functional groups attached to an aromatic ring is 1. The van der Waals surface area contributed by atoms with Crippen molar-refractivity contribution >= 4 is 23.2 Å². The van der Waals surface area contributed by atoms with Gasteiger partial charge in [-0.15, -0.1) is 0 Å². The summed E-state index contributed by atoms with van der Waals surface area (Å²) in [5.41, 5.74) is 6.14. The Kier molecular flexibility index (Phi) is 4.68. The van der Waals surface area contributed by atoms with E-state index < -0.39 is 12.2 Å². The molecule has 0 aliphatic heterocycles. The largest absolute Gasteiger partial charge is 0.398 e. The van der Waals surface area contributed by atoms with Gasteiger partial charge in [0, 0.05) is 30.9 Å². The monoisotopic (exact) mass is 259 g/mol. The Hall–Kier alpha value is -1.37. The number of aliphatic hydroxyl groups excluding tert-OH is 2. The number of hydrogen-bond donors (Lipinski definition) is 4. The quantitative estimate of drug-likeness (QED) is 0.562. The first-order valence-electron chi connectivity index (χ1n) is 4.93. The van der Waals surface area contributed by atoms with Crippen LogP contribution in [0.2, 0.25) is 5.15 Å². The summed E-state index contributed by atoms with van der Waals surface area (Å²) < 4.78 is 0. The van der Waals surface area contributed by atoms with Crippen molar-refractivity contribution in [3.63, 3.8) is 0 Å². The minimum absolute atomic E-state index is 0.0709. The van der Waals surface area contributed by atoms with Crippen molar-refractivity contribution in [2.75, 3.05) is 12.3 Å². The van der Waals surface area contributed by atoms with Gasteiger partial charge in [-0.25, -0.2) is 4.98 Å². The lowest BCUT2D eigenvalue weighted by molar-refractivity contribution is -0.119. The molecule has 0 saturated heterocycles. The standard InChI is InChI=1S/C10H14ClN3O3/c1-5(15)13-4-8(16)10(17)6-3-14-9(11)2-7(6)12/h2-3,8,10,16-17H,4H2,1H3,(H2,12,14)(H,13,15). The van der Waals surface area contributed by atoms with E-state index in [0.717, 1.165) is 0 Å². The zero-order valence-electron chi connectivity index (χ0n) is 9.22. The molecule has 1 rings (SSSR count). The van der Waals surface area contributed by atoms with Crippen molar-refractivity contribution < 1.29 is 15.0 Å². The lowest BCUT2D eigenvalue weighted by Gasteiger charge is -2.19. The van der Waals surface area contributed by atoms with E-state index in [1.165, 1.54) is 19.2 Å². The molecule has 17 heavy (non-hydrogen) atoms. The van der Waals surface area contributed by atoms with E-state index in [4.69, 9.17) is 17.3 Å². The lowest BCUT2D eigenvalue weighted by atomic mass is 10.0. The van der Waals surface area contributed by atoms with E-state index in [1.54, 1.807) is 0 Å². The molecule has 7 heteroatoms. The van der Waals surface area contributed by atoms with Gasteiger partial charge in [0.25, 0.3) is 0 Å². The van der Waals surface area contributed by atoms with Crippen molar-refractivity contribution in [2.24, 2.45) is 0 Å². The first-order chi connectivity index (χ1) is 7.91. The van der Waals surface area contributed by atoms with Crippen LogP contribution < -0.4 is 11.1 Å². The van der Waals surface area contributed by atoms with E-state index in [-0.39, 0.29) is 28.9 Å². The number of anilines is 1. The SMILES string of the molecule is CC(=O)NCC(O)C(O)c1cnc(Cl)cc1N. The summed E-state index contributed by atoms with van der Waals surface area (Å²) in [5.74, 6) is -0.293. The molecule has 94 valence electrons. The van der Waals surface area contributed by atoms with Crippen LogP contribution >= 0.6 is 11.6 Å². The summed E-state index contributed by atoms with van der Waals surface area (Å²) >= 11 is 5.61. The maximum absolute atomic E-state index is 10.7. The van der Waals surface area contributed by atoms with Crippen LogP contribution in [0.5, 0.6) is 0 Å². The van der Waals surface area contributed by atoms with Gasteiger partial charge in [-0.1, -0.05) is 11.6 Å². The van der Waals surface area contributed by atoms with Gasteiger partial charge < -0.3 is 21.3 Å². The molecule has 0 aliphatic rings. The van der Waals surface area contributed by atoms with Gasteiger partial charge in [0.15, 0.2) is 0 Å². The fraction of sp³-hybridized carbons (Fsp3) is 0.400. The molecule has 0 spiro atoms. The van der Waals surface area contributed by atoms with Crippen molar-refractivity contribution in [3.8, 4) is 0 Å². The average Bonchev–Trinajstić information content (AvgIpc) is 2.25. The van der Waals surface area contributed by atoms with E-state index in [2.05, 4.69) is 10.3 Å². The molecule has 0 aromatic carbocycles. The Morgan fingerprint density at radius 1 is 1.65 bits per heavy atom. The Labute approximate surface area is 103 Å². The van der Waals surface area contributed by atoms with Crippen molar-refractivity contribution in [1.29, 1.82) is 0 Å². The minimum atomic E-state index is -1.23. The molecule has 0 fully saturated rings. The van der Waals surface area contributed by atoms with Gasteiger partial charge in [-0.3, -0.25) is 4.79 Å². The van der Waals surface area contributed by atoms with E-state index in [1.807, 2.05) is 0 Å². The zero-order valence-corrected chi connectivity index (χ0v) is 9.98. The fourth-order valence-electron chi connectivity index (χ4n) is 1.27. The van der Waals surface area contributed by atoms with Gasteiger partial charge in [0.2, 0.25) is 5.91 Å². The van der Waals surface area contributed by atoms with Crippen LogP contribution in [0.3, 0.4) is 0 Å². The summed E-state index contributed by atoms with van der Waals surface area (Å²) in [4.78, 5) is 14.4. The second-order valence-electron chi connectivity index (χ2n) is 3.59. The number of nitrogens with zero attached hydrogens (tertiary/aromatic N) is 1. The molecule has 2 unspecified atom stereocenters. The Bertz CT molecular complexity index is 414. The molecule has 5 N–H and O–H groups in total. The van der Waals surface area contributed by atoms with Gasteiger partial charge in [0.05, 0.1) is 0 Å². The molecule has 1 aromatic heterocycles.